The number of nitrogens with zero attached hydrogens (tertiary/aromatic N) is 5. The first-order valence-electron chi connectivity index (χ1n) is 6.14. The molecule has 19 heavy (non-hydrogen) atoms. The molecule has 0 bridgehead atoms. The Hall–Kier alpha value is -2.25. The van der Waals surface area contributed by atoms with Crippen molar-refractivity contribution in [3.05, 3.63) is 12.4 Å². The number of carbonyl (C=O) groups is 1. The number of aromatic nitrogens is 5. The van der Waals surface area contributed by atoms with Gasteiger partial charge in [0, 0.05) is 13.0 Å². The average molecular weight is 264 g/mol. The van der Waals surface area contributed by atoms with Crippen molar-refractivity contribution < 1.29 is 9.90 Å². The number of fused-ring (bicyclic) bond motifs is 1. The number of nitrogens with one attached hydrogen (secondary N) is 1. The van der Waals surface area contributed by atoms with Crippen molar-refractivity contribution in [3.63, 3.8) is 0 Å². The molecule has 0 amide bonds. The number of hydrogen-bond acceptors (Lipinski definition) is 6. The van der Waals surface area contributed by atoms with Crippen LogP contribution in [0.2, 0.25) is 0 Å². The van der Waals surface area contributed by atoms with Crippen LogP contribution in [0.15, 0.2) is 12.4 Å². The Balaban J connectivity index is 1.82. The predicted molar refractivity (Wildman–Crippen MR) is 67.7 cm³/mol. The van der Waals surface area contributed by atoms with Crippen molar-refractivity contribution in [3.8, 4) is 0 Å². The van der Waals surface area contributed by atoms with Gasteiger partial charge in [-0.1, -0.05) is 6.92 Å². The molecule has 0 aliphatic carbocycles. The minimum absolute atomic E-state index is 0.214. The molecule has 8 nitrogen and oxygen atoms in total. The molecule has 0 spiro atoms. The fourth-order valence-corrected chi connectivity index (χ4v) is 1.76. The van der Waals surface area contributed by atoms with Crippen molar-refractivity contribution in [2.24, 2.45) is 5.92 Å². The molecule has 0 aliphatic heterocycles. The third kappa shape index (κ3) is 3.60. The highest BCUT2D eigenvalue weighted by Crippen LogP contribution is 2.11. The summed E-state index contributed by atoms with van der Waals surface area (Å²) in [5.41, 5.74) is 0.587. The van der Waals surface area contributed by atoms with E-state index >= 15 is 0 Å². The maximum atomic E-state index is 10.5. The summed E-state index contributed by atoms with van der Waals surface area (Å²) in [6, 6.07) is 0. The van der Waals surface area contributed by atoms with E-state index in [2.05, 4.69) is 25.8 Å². The second kappa shape index (κ2) is 6.07. The largest absolute Gasteiger partial charge is 0.481 e. The minimum atomic E-state index is -0.748. The monoisotopic (exact) mass is 264 g/mol. The number of tetrazole rings is 1. The van der Waals surface area contributed by atoms with Crippen molar-refractivity contribution in [1.29, 1.82) is 0 Å². The molecule has 2 N–H and O–H groups in total. The first-order valence-corrected chi connectivity index (χ1v) is 6.14. The van der Waals surface area contributed by atoms with Crippen LogP contribution < -0.4 is 5.32 Å². The van der Waals surface area contributed by atoms with Crippen LogP contribution in [-0.4, -0.2) is 42.6 Å². The molecule has 0 radical (unpaired) electrons. The van der Waals surface area contributed by atoms with Gasteiger partial charge in [-0.3, -0.25) is 9.78 Å². The lowest BCUT2D eigenvalue weighted by atomic mass is 10.0. The summed E-state index contributed by atoms with van der Waals surface area (Å²) in [6.45, 7) is 2.77. The van der Waals surface area contributed by atoms with Crippen LogP contribution in [0.5, 0.6) is 0 Å². The van der Waals surface area contributed by atoms with Gasteiger partial charge in [0.1, 0.15) is 5.82 Å². The molecule has 2 aromatic rings. The summed E-state index contributed by atoms with van der Waals surface area (Å²) in [5, 5.41) is 23.0. The van der Waals surface area contributed by atoms with Crippen LogP contribution >= 0.6 is 0 Å². The Morgan fingerprint density at radius 3 is 3.11 bits per heavy atom. The lowest BCUT2D eigenvalue weighted by molar-refractivity contribution is -0.137. The molecule has 0 fully saturated rings. The molecular formula is C11H16N6O2. The molecule has 8 heteroatoms. The van der Waals surface area contributed by atoms with Gasteiger partial charge in [-0.15, -0.1) is 5.10 Å². The van der Waals surface area contributed by atoms with Crippen LogP contribution in [0.4, 0.5) is 5.82 Å². The number of rotatable bonds is 7. The molecule has 102 valence electrons. The molecular weight excluding hydrogens is 248 g/mol. The lowest BCUT2D eigenvalue weighted by Gasteiger charge is -2.11. The van der Waals surface area contributed by atoms with Crippen molar-refractivity contribution in [2.45, 2.75) is 26.2 Å². The normalized spacial score (nSPS) is 12.5. The number of carboxylic acid groups (broad SMARTS) is 1. The highest BCUT2D eigenvalue weighted by Gasteiger charge is 2.07. The third-order valence-corrected chi connectivity index (χ3v) is 2.90. The SMILES string of the molecule is CC(CCNc1cncc2nnnn12)CCC(=O)O. The van der Waals surface area contributed by atoms with Gasteiger partial charge in [-0.25, -0.2) is 0 Å². The van der Waals surface area contributed by atoms with Gasteiger partial charge < -0.3 is 10.4 Å². The van der Waals surface area contributed by atoms with Gasteiger partial charge in [-0.2, -0.15) is 4.52 Å². The van der Waals surface area contributed by atoms with E-state index in [-0.39, 0.29) is 6.42 Å². The van der Waals surface area contributed by atoms with Crippen molar-refractivity contribution in [2.75, 3.05) is 11.9 Å². The van der Waals surface area contributed by atoms with Crippen LogP contribution in [0.1, 0.15) is 26.2 Å². The molecule has 0 aromatic carbocycles. The minimum Gasteiger partial charge on any atom is -0.481 e. The standard InChI is InChI=1S/C11H16N6O2/c1-8(2-3-11(18)19)4-5-13-9-6-12-7-10-14-15-16-17(9)10/h6-8,13H,2-5H2,1H3,(H,18,19). The fourth-order valence-electron chi connectivity index (χ4n) is 1.76. The van der Waals surface area contributed by atoms with Crippen molar-refractivity contribution in [1.82, 2.24) is 25.0 Å². The quantitative estimate of drug-likeness (QED) is 0.762. The zero-order valence-electron chi connectivity index (χ0n) is 10.7. The molecule has 0 saturated carbocycles. The molecule has 0 saturated heterocycles. The lowest BCUT2D eigenvalue weighted by Crippen LogP contribution is -2.11. The topological polar surface area (TPSA) is 105 Å². The summed E-state index contributed by atoms with van der Waals surface area (Å²) in [7, 11) is 0. The summed E-state index contributed by atoms with van der Waals surface area (Å²) < 4.78 is 1.58. The molecule has 1 unspecified atom stereocenters. The average Bonchev–Trinajstić information content (AvgIpc) is 2.85. The number of hydrogen-bond donors (Lipinski definition) is 2. The van der Waals surface area contributed by atoms with Crippen LogP contribution in [0.3, 0.4) is 0 Å². The Kier molecular flexibility index (Phi) is 4.22. The van der Waals surface area contributed by atoms with Crippen molar-refractivity contribution >= 4 is 17.4 Å². The number of aliphatic carboxylic acids is 1. The number of anilines is 1. The highest BCUT2D eigenvalue weighted by molar-refractivity contribution is 5.66. The zero-order chi connectivity index (χ0) is 13.7. The molecule has 0 aliphatic rings. The molecule has 1 atom stereocenters. The van der Waals surface area contributed by atoms with Gasteiger partial charge in [0.2, 0.25) is 0 Å². The van der Waals surface area contributed by atoms with Gasteiger partial charge >= 0.3 is 5.97 Å². The Morgan fingerprint density at radius 2 is 2.32 bits per heavy atom. The zero-order valence-corrected chi connectivity index (χ0v) is 10.7. The smallest absolute Gasteiger partial charge is 0.303 e. The summed E-state index contributed by atoms with van der Waals surface area (Å²) in [4.78, 5) is 14.5. The van der Waals surface area contributed by atoms with Gasteiger partial charge in [0.25, 0.3) is 0 Å². The summed E-state index contributed by atoms with van der Waals surface area (Å²) in [6.07, 6.45) is 5.02. The third-order valence-electron chi connectivity index (χ3n) is 2.90. The van der Waals surface area contributed by atoms with E-state index in [1.807, 2.05) is 6.92 Å². The first-order chi connectivity index (χ1) is 9.16. The fraction of sp³-hybridized carbons (Fsp3) is 0.545. The molecule has 2 rings (SSSR count). The van der Waals surface area contributed by atoms with Crippen LogP contribution in [0.25, 0.3) is 5.65 Å². The van der Waals surface area contributed by atoms with E-state index in [9.17, 15) is 4.79 Å². The van der Waals surface area contributed by atoms with Gasteiger partial charge in [-0.05, 0) is 29.2 Å². The van der Waals surface area contributed by atoms with E-state index in [0.717, 1.165) is 18.8 Å². The summed E-state index contributed by atoms with van der Waals surface area (Å²) >= 11 is 0. The highest BCUT2D eigenvalue weighted by atomic mass is 16.4. The Labute approximate surface area is 109 Å². The van der Waals surface area contributed by atoms with E-state index < -0.39 is 5.97 Å². The summed E-state index contributed by atoms with van der Waals surface area (Å²) in [5.74, 6) is 0.333. The maximum absolute atomic E-state index is 10.5. The van der Waals surface area contributed by atoms with Crippen LogP contribution in [-0.2, 0) is 4.79 Å². The van der Waals surface area contributed by atoms with Gasteiger partial charge in [0.15, 0.2) is 5.65 Å². The first kappa shape index (κ1) is 13.2. The second-order valence-corrected chi connectivity index (χ2v) is 4.49. The van der Waals surface area contributed by atoms with Crippen LogP contribution in [0, 0.1) is 5.92 Å². The molecule has 2 heterocycles. The maximum Gasteiger partial charge on any atom is 0.303 e. The van der Waals surface area contributed by atoms with E-state index in [0.29, 0.717) is 18.0 Å². The number of carboxylic acids is 1. The Bertz CT molecular complexity index is 555. The molecule has 2 aromatic heterocycles. The Morgan fingerprint density at radius 1 is 1.47 bits per heavy atom. The van der Waals surface area contributed by atoms with E-state index in [1.165, 1.54) is 0 Å². The van der Waals surface area contributed by atoms with E-state index in [4.69, 9.17) is 5.11 Å². The van der Waals surface area contributed by atoms with E-state index in [1.54, 1.807) is 16.9 Å². The predicted octanol–water partition coefficient (Wildman–Crippen LogP) is 0.822. The second-order valence-electron chi connectivity index (χ2n) is 4.49. The van der Waals surface area contributed by atoms with Gasteiger partial charge in [0.05, 0.1) is 12.4 Å².